The number of aliphatic hydroxyl groups is 1. The van der Waals surface area contributed by atoms with Crippen molar-refractivity contribution >= 4 is 11.0 Å². The van der Waals surface area contributed by atoms with Crippen molar-refractivity contribution in [1.29, 1.82) is 0 Å². The third-order valence-corrected chi connectivity index (χ3v) is 5.40. The largest absolute Gasteiger partial charge is 0.431 e. The van der Waals surface area contributed by atoms with Gasteiger partial charge in [-0.3, -0.25) is 4.90 Å². The molecule has 28 heavy (non-hydrogen) atoms. The summed E-state index contributed by atoms with van der Waals surface area (Å²) in [5, 5.41) is 11.3. The van der Waals surface area contributed by atoms with Gasteiger partial charge in [-0.15, -0.1) is 0 Å². The van der Waals surface area contributed by atoms with E-state index in [0.29, 0.717) is 18.5 Å². The van der Waals surface area contributed by atoms with Gasteiger partial charge in [-0.25, -0.2) is 9.37 Å². The van der Waals surface area contributed by atoms with Gasteiger partial charge in [-0.1, -0.05) is 18.2 Å². The molecule has 3 aromatic rings. The van der Waals surface area contributed by atoms with Crippen LogP contribution >= 0.6 is 0 Å². The monoisotopic (exact) mass is 393 g/mol. The number of rotatable bonds is 3. The van der Waals surface area contributed by atoms with Crippen LogP contribution in [0.2, 0.25) is 0 Å². The van der Waals surface area contributed by atoms with Gasteiger partial charge in [0.1, 0.15) is 17.2 Å². The molecule has 0 saturated carbocycles. The molecule has 1 aliphatic rings. The number of benzene rings is 1. The van der Waals surface area contributed by atoms with Crippen LogP contribution in [-0.4, -0.2) is 33.1 Å². The van der Waals surface area contributed by atoms with Gasteiger partial charge in [0.25, 0.3) is 0 Å². The first-order chi connectivity index (χ1) is 13.3. The van der Waals surface area contributed by atoms with E-state index in [-0.39, 0.29) is 36.2 Å². The zero-order chi connectivity index (χ0) is 19.9. The lowest BCUT2D eigenvalue weighted by atomic mass is 9.84. The van der Waals surface area contributed by atoms with Crippen LogP contribution in [0.4, 0.5) is 17.6 Å². The Hall–Kier alpha value is -2.45. The number of likely N-dealkylation sites (tertiary alicyclic amines) is 1. The molecule has 2 aromatic heterocycles. The zero-order valence-corrected chi connectivity index (χ0v) is 14.9. The number of nitrogens with zero attached hydrogens (tertiary/aromatic N) is 2. The summed E-state index contributed by atoms with van der Waals surface area (Å²) in [6.07, 6.45) is -2.58. The number of aromatic amines is 1. The molecule has 1 saturated heterocycles. The van der Waals surface area contributed by atoms with Crippen LogP contribution in [0.1, 0.15) is 29.7 Å². The molecular weight excluding hydrogens is 374 g/mol. The average Bonchev–Trinajstić information content (AvgIpc) is 3.03. The number of H-pyrrole nitrogens is 1. The predicted octanol–water partition coefficient (Wildman–Crippen LogP) is 4.20. The fourth-order valence-electron chi connectivity index (χ4n) is 3.90. The second-order valence-electron chi connectivity index (χ2n) is 7.16. The molecule has 1 aromatic carbocycles. The molecule has 0 bridgehead atoms. The van der Waals surface area contributed by atoms with E-state index in [1.165, 1.54) is 12.3 Å². The third-order valence-electron chi connectivity index (χ3n) is 5.40. The summed E-state index contributed by atoms with van der Waals surface area (Å²) in [7, 11) is 0. The fourth-order valence-corrected chi connectivity index (χ4v) is 3.90. The van der Waals surface area contributed by atoms with E-state index in [1.54, 1.807) is 30.3 Å². The Kier molecular flexibility index (Phi) is 4.63. The van der Waals surface area contributed by atoms with Gasteiger partial charge in [-0.2, -0.15) is 13.2 Å². The first-order valence-electron chi connectivity index (χ1n) is 9.00. The van der Waals surface area contributed by atoms with Gasteiger partial charge in [0.2, 0.25) is 0 Å². The normalized spacial score (nSPS) is 17.9. The van der Waals surface area contributed by atoms with Crippen molar-refractivity contribution < 1.29 is 22.7 Å². The minimum atomic E-state index is -4.51. The summed E-state index contributed by atoms with van der Waals surface area (Å²) < 4.78 is 54.5. The second-order valence-corrected chi connectivity index (χ2v) is 7.16. The molecule has 0 amide bonds. The quantitative estimate of drug-likeness (QED) is 0.656. The molecular formula is C20H19F4N3O. The average molecular weight is 393 g/mol. The maximum Gasteiger partial charge on any atom is 0.431 e. The molecule has 0 radical (unpaired) electrons. The molecule has 1 aliphatic heterocycles. The highest BCUT2D eigenvalue weighted by Gasteiger charge is 2.39. The predicted molar refractivity (Wildman–Crippen MR) is 95.9 cm³/mol. The summed E-state index contributed by atoms with van der Waals surface area (Å²) >= 11 is 0. The molecule has 3 heterocycles. The molecule has 0 atom stereocenters. The third kappa shape index (κ3) is 3.38. The smallest absolute Gasteiger partial charge is 0.385 e. The van der Waals surface area contributed by atoms with E-state index in [0.717, 1.165) is 0 Å². The molecule has 4 nitrogen and oxygen atoms in total. The lowest BCUT2D eigenvalue weighted by molar-refractivity contribution is -0.141. The molecule has 0 unspecified atom stereocenters. The Balaban J connectivity index is 1.57. The first-order valence-corrected chi connectivity index (χ1v) is 9.00. The Morgan fingerprint density at radius 3 is 2.50 bits per heavy atom. The van der Waals surface area contributed by atoms with Crippen molar-refractivity contribution in [1.82, 2.24) is 14.9 Å². The lowest BCUT2D eigenvalue weighted by Crippen LogP contribution is -2.42. The number of aromatic nitrogens is 2. The zero-order valence-electron chi connectivity index (χ0n) is 14.9. The molecule has 148 valence electrons. The van der Waals surface area contributed by atoms with Crippen molar-refractivity contribution in [2.75, 3.05) is 13.1 Å². The van der Waals surface area contributed by atoms with Crippen molar-refractivity contribution in [2.45, 2.75) is 31.2 Å². The van der Waals surface area contributed by atoms with E-state index in [2.05, 4.69) is 9.97 Å². The lowest BCUT2D eigenvalue weighted by Gasteiger charge is -2.38. The van der Waals surface area contributed by atoms with Crippen molar-refractivity contribution in [3.63, 3.8) is 0 Å². The number of nitrogens with one attached hydrogen (secondary N) is 1. The van der Waals surface area contributed by atoms with Gasteiger partial charge in [0, 0.05) is 42.3 Å². The second kappa shape index (κ2) is 6.86. The molecule has 0 spiro atoms. The van der Waals surface area contributed by atoms with E-state index in [1.807, 2.05) is 4.90 Å². The number of hydrogen-bond donors (Lipinski definition) is 2. The Bertz CT molecular complexity index is 991. The Labute approximate surface area is 158 Å². The highest BCUT2D eigenvalue weighted by Crippen LogP contribution is 2.38. The Morgan fingerprint density at radius 2 is 1.82 bits per heavy atom. The van der Waals surface area contributed by atoms with Gasteiger partial charge in [-0.05, 0) is 31.0 Å². The summed E-state index contributed by atoms with van der Waals surface area (Å²) in [4.78, 5) is 8.21. The maximum absolute atomic E-state index is 14.1. The topological polar surface area (TPSA) is 52.1 Å². The fraction of sp³-hybridized carbons (Fsp3) is 0.350. The van der Waals surface area contributed by atoms with Crippen LogP contribution in [0.5, 0.6) is 0 Å². The maximum atomic E-state index is 14.1. The van der Waals surface area contributed by atoms with E-state index >= 15 is 0 Å². The molecule has 4 rings (SSSR count). The van der Waals surface area contributed by atoms with E-state index in [4.69, 9.17) is 0 Å². The van der Waals surface area contributed by atoms with Gasteiger partial charge >= 0.3 is 6.18 Å². The minimum Gasteiger partial charge on any atom is -0.385 e. The van der Waals surface area contributed by atoms with Crippen LogP contribution in [-0.2, 0) is 18.3 Å². The van der Waals surface area contributed by atoms with E-state index in [9.17, 15) is 22.7 Å². The SMILES string of the molecule is OC1(c2ccccc2F)CCN(Cc2c(C(F)(F)F)[nH]c3ncccc23)CC1. The summed E-state index contributed by atoms with van der Waals surface area (Å²) in [5.74, 6) is -0.472. The first kappa shape index (κ1) is 18.9. The van der Waals surface area contributed by atoms with Gasteiger partial charge in [0.05, 0.1) is 5.60 Å². The Morgan fingerprint density at radius 1 is 1.11 bits per heavy atom. The van der Waals surface area contributed by atoms with Crippen LogP contribution in [0, 0.1) is 5.82 Å². The van der Waals surface area contributed by atoms with Gasteiger partial charge in [0.15, 0.2) is 0 Å². The van der Waals surface area contributed by atoms with Crippen molar-refractivity contribution in [2.24, 2.45) is 0 Å². The highest BCUT2D eigenvalue weighted by molar-refractivity contribution is 5.81. The van der Waals surface area contributed by atoms with Crippen LogP contribution < -0.4 is 0 Å². The molecule has 2 N–H and O–H groups in total. The van der Waals surface area contributed by atoms with Crippen LogP contribution in [0.15, 0.2) is 42.6 Å². The number of piperidine rings is 1. The highest BCUT2D eigenvalue weighted by atomic mass is 19.4. The molecule has 0 aliphatic carbocycles. The van der Waals surface area contributed by atoms with E-state index < -0.39 is 23.3 Å². The number of hydrogen-bond acceptors (Lipinski definition) is 3. The standard InChI is InChI=1S/C20H19F4N3O/c21-16-6-2-1-5-15(16)19(28)7-10-27(11-8-19)12-14-13-4-3-9-25-18(13)26-17(14)20(22,23)24/h1-6,9,28H,7-8,10-12H2,(H,25,26). The van der Waals surface area contributed by atoms with Crippen LogP contribution in [0.25, 0.3) is 11.0 Å². The number of fused-ring (bicyclic) bond motifs is 1. The van der Waals surface area contributed by atoms with Crippen molar-refractivity contribution in [3.05, 3.63) is 65.2 Å². The number of pyridine rings is 1. The number of halogens is 4. The van der Waals surface area contributed by atoms with Crippen LogP contribution in [0.3, 0.4) is 0 Å². The summed E-state index contributed by atoms with van der Waals surface area (Å²) in [5.41, 5.74) is -1.52. The summed E-state index contributed by atoms with van der Waals surface area (Å²) in [6.45, 7) is 0.790. The number of alkyl halides is 3. The minimum absolute atomic E-state index is 0.0773. The van der Waals surface area contributed by atoms with Crippen molar-refractivity contribution in [3.8, 4) is 0 Å². The molecule has 8 heteroatoms. The summed E-state index contributed by atoms with van der Waals surface area (Å²) in [6, 6.07) is 9.29. The van der Waals surface area contributed by atoms with Gasteiger partial charge < -0.3 is 10.1 Å². The molecule has 1 fully saturated rings.